The largest absolute Gasteiger partial charge is 0.493 e. The molecule has 12 nitrogen and oxygen atoms in total. The smallest absolute Gasteiger partial charge is 0.407 e. The molecule has 0 saturated carbocycles. The fourth-order valence-electron chi connectivity index (χ4n) is 5.46. The molecule has 0 radical (unpaired) electrons. The first-order valence-corrected chi connectivity index (χ1v) is 18.5. The van der Waals surface area contributed by atoms with Crippen molar-refractivity contribution in [1.29, 1.82) is 0 Å². The van der Waals surface area contributed by atoms with Crippen molar-refractivity contribution in [3.8, 4) is 11.5 Å². The van der Waals surface area contributed by atoms with Crippen LogP contribution in [0.5, 0.6) is 11.5 Å². The predicted molar refractivity (Wildman–Crippen MR) is 183 cm³/mol. The fourth-order valence-corrected chi connectivity index (χ4v) is 6.73. The Morgan fingerprint density at radius 1 is 1.02 bits per heavy atom. The second kappa shape index (κ2) is 19.4. The maximum absolute atomic E-state index is 12.9. The zero-order chi connectivity index (χ0) is 35.2. The minimum absolute atomic E-state index is 0.0665. The highest BCUT2D eigenvalue weighted by Gasteiger charge is 2.31. The second-order valence-corrected chi connectivity index (χ2v) is 16.2. The van der Waals surface area contributed by atoms with E-state index in [1.807, 2.05) is 23.1 Å². The van der Waals surface area contributed by atoms with E-state index in [0.717, 1.165) is 12.0 Å². The number of nitrogens with one attached hydrogen (secondary N) is 2. The molecule has 1 aliphatic heterocycles. The molecule has 2 rings (SSSR count). The first-order valence-electron chi connectivity index (χ1n) is 16.7. The van der Waals surface area contributed by atoms with Gasteiger partial charge in [0.15, 0.2) is 21.3 Å². The molecule has 1 aliphatic rings. The monoisotopic (exact) mass is 685 g/mol. The molecule has 270 valence electrons. The molecule has 1 saturated heterocycles. The van der Waals surface area contributed by atoms with Crippen molar-refractivity contribution in [2.75, 3.05) is 65.1 Å². The first kappa shape index (κ1) is 40.6. The summed E-state index contributed by atoms with van der Waals surface area (Å²) < 4.78 is 45.5. The van der Waals surface area contributed by atoms with Gasteiger partial charge >= 0.3 is 6.09 Å². The van der Waals surface area contributed by atoms with Gasteiger partial charge in [0.2, 0.25) is 5.91 Å². The topological polar surface area (TPSA) is 153 Å². The van der Waals surface area contributed by atoms with Gasteiger partial charge < -0.3 is 34.7 Å². The lowest BCUT2D eigenvalue weighted by Gasteiger charge is -2.32. The van der Waals surface area contributed by atoms with Crippen molar-refractivity contribution in [2.45, 2.75) is 85.0 Å². The van der Waals surface area contributed by atoms with E-state index in [9.17, 15) is 23.1 Å². The molecule has 0 bridgehead atoms. The van der Waals surface area contributed by atoms with E-state index >= 15 is 0 Å². The highest BCUT2D eigenvalue weighted by atomic mass is 32.2. The average Bonchev–Trinajstić information content (AvgIpc) is 2.98. The molecule has 1 fully saturated rings. The highest BCUT2D eigenvalue weighted by Crippen LogP contribution is 2.32. The molecule has 0 aliphatic carbocycles. The molecule has 0 spiro atoms. The van der Waals surface area contributed by atoms with Gasteiger partial charge in [0.1, 0.15) is 5.60 Å². The Kier molecular flexibility index (Phi) is 16.7. The Balaban J connectivity index is 2.11. The Morgan fingerprint density at radius 3 is 2.30 bits per heavy atom. The third-order valence-corrected chi connectivity index (χ3v) is 9.96. The first-order chi connectivity index (χ1) is 22.0. The maximum Gasteiger partial charge on any atom is 0.407 e. The number of carbonyl (C=O) groups excluding carboxylic acids is 2. The Bertz CT molecular complexity index is 1210. The van der Waals surface area contributed by atoms with Crippen LogP contribution in [0.15, 0.2) is 18.2 Å². The number of carbonyl (C=O) groups is 2. The number of rotatable bonds is 19. The van der Waals surface area contributed by atoms with Gasteiger partial charge in [0.05, 0.1) is 37.4 Å². The standard InChI is InChI=1S/C34H59N3O9S/c1-24(2)27(21-26-10-11-30(44-8)31(22-26)45-17-9-16-43-7)23-28(36-33(40)46-34(4,5)6)29(38)20-25(3)32(39)35-12-13-37-14-18-47(41,42)19-15-37/h10-11,22,24-25,27-29,38H,9,12-21,23H2,1-8H3,(H,35,39)(H,36,40)/t25-,27+,28+,29+/m1/s1. The molecule has 4 atom stereocenters. The summed E-state index contributed by atoms with van der Waals surface area (Å²) >= 11 is 0. The summed E-state index contributed by atoms with van der Waals surface area (Å²) in [6, 6.07) is 5.20. The van der Waals surface area contributed by atoms with Crippen LogP contribution in [0.3, 0.4) is 0 Å². The van der Waals surface area contributed by atoms with E-state index in [0.29, 0.717) is 63.7 Å². The van der Waals surface area contributed by atoms with Gasteiger partial charge in [-0.2, -0.15) is 0 Å². The molecule has 3 N–H and O–H groups in total. The van der Waals surface area contributed by atoms with Crippen LogP contribution in [0.1, 0.15) is 66.4 Å². The summed E-state index contributed by atoms with van der Waals surface area (Å²) in [6.45, 7) is 14.3. The number of ether oxygens (including phenoxy) is 4. The molecular weight excluding hydrogens is 626 g/mol. The predicted octanol–water partition coefficient (Wildman–Crippen LogP) is 3.44. The quantitative estimate of drug-likeness (QED) is 0.185. The van der Waals surface area contributed by atoms with Crippen molar-refractivity contribution in [3.63, 3.8) is 0 Å². The average molecular weight is 686 g/mol. The fraction of sp³-hybridized carbons (Fsp3) is 0.765. The molecule has 1 aromatic carbocycles. The summed E-state index contributed by atoms with van der Waals surface area (Å²) in [7, 11) is 0.294. The minimum atomic E-state index is -2.96. The van der Waals surface area contributed by atoms with Crippen LogP contribution in [-0.2, 0) is 30.5 Å². The third-order valence-electron chi connectivity index (χ3n) is 8.35. The second-order valence-electron chi connectivity index (χ2n) is 13.9. The summed E-state index contributed by atoms with van der Waals surface area (Å²) in [5.74, 6) is 1.11. The number of aliphatic hydroxyl groups is 1. The Morgan fingerprint density at radius 2 is 1.70 bits per heavy atom. The zero-order valence-corrected chi connectivity index (χ0v) is 30.5. The lowest BCUT2D eigenvalue weighted by atomic mass is 9.82. The van der Waals surface area contributed by atoms with E-state index < -0.39 is 39.6 Å². The molecule has 2 amide bonds. The summed E-state index contributed by atoms with van der Waals surface area (Å²) in [6.07, 6.45) is 0.383. The van der Waals surface area contributed by atoms with Gasteiger partial charge in [-0.15, -0.1) is 0 Å². The molecule has 1 heterocycles. The van der Waals surface area contributed by atoms with Crippen molar-refractivity contribution in [1.82, 2.24) is 15.5 Å². The maximum atomic E-state index is 12.9. The molecule has 47 heavy (non-hydrogen) atoms. The van der Waals surface area contributed by atoms with Gasteiger partial charge in [-0.05, 0) is 69.6 Å². The van der Waals surface area contributed by atoms with E-state index in [2.05, 4.69) is 24.5 Å². The van der Waals surface area contributed by atoms with E-state index in [4.69, 9.17) is 18.9 Å². The van der Waals surface area contributed by atoms with Crippen LogP contribution in [0.4, 0.5) is 4.79 Å². The van der Waals surface area contributed by atoms with Crippen molar-refractivity contribution in [2.24, 2.45) is 17.8 Å². The van der Waals surface area contributed by atoms with Gasteiger partial charge in [-0.3, -0.25) is 9.69 Å². The van der Waals surface area contributed by atoms with Crippen LogP contribution < -0.4 is 20.1 Å². The molecule has 0 aromatic heterocycles. The molecule has 0 unspecified atom stereocenters. The number of hydrogen-bond donors (Lipinski definition) is 3. The Labute approximate surface area is 282 Å². The lowest BCUT2D eigenvalue weighted by molar-refractivity contribution is -0.125. The number of aliphatic hydroxyl groups excluding tert-OH is 1. The van der Waals surface area contributed by atoms with E-state index in [-0.39, 0.29) is 35.7 Å². The molecule has 1 aromatic rings. The highest BCUT2D eigenvalue weighted by molar-refractivity contribution is 7.91. The van der Waals surface area contributed by atoms with Crippen LogP contribution in [0.2, 0.25) is 0 Å². The lowest BCUT2D eigenvalue weighted by Crippen LogP contribution is -2.48. The number of hydrogen-bond acceptors (Lipinski definition) is 10. The van der Waals surface area contributed by atoms with Crippen molar-refractivity contribution >= 4 is 21.8 Å². The number of methoxy groups -OCH3 is 2. The van der Waals surface area contributed by atoms with Gasteiger partial charge in [0.25, 0.3) is 0 Å². The van der Waals surface area contributed by atoms with Crippen LogP contribution in [0, 0.1) is 17.8 Å². The summed E-state index contributed by atoms with van der Waals surface area (Å²) in [5, 5.41) is 17.2. The third kappa shape index (κ3) is 15.4. The normalized spacial score (nSPS) is 17.7. The molecular formula is C34H59N3O9S. The van der Waals surface area contributed by atoms with Crippen molar-refractivity contribution < 1.29 is 42.1 Å². The number of benzene rings is 1. The van der Waals surface area contributed by atoms with Crippen LogP contribution >= 0.6 is 0 Å². The number of nitrogens with zero attached hydrogens (tertiary/aromatic N) is 1. The number of amides is 2. The summed E-state index contributed by atoms with van der Waals surface area (Å²) in [5.41, 5.74) is 0.321. The Hall–Kier alpha value is -2.61. The van der Waals surface area contributed by atoms with Gasteiger partial charge in [0, 0.05) is 52.2 Å². The van der Waals surface area contributed by atoms with E-state index in [1.165, 1.54) is 0 Å². The van der Waals surface area contributed by atoms with Gasteiger partial charge in [-0.1, -0.05) is 26.8 Å². The molecule has 13 heteroatoms. The van der Waals surface area contributed by atoms with Gasteiger partial charge in [-0.25, -0.2) is 13.2 Å². The van der Waals surface area contributed by atoms with E-state index in [1.54, 1.807) is 41.9 Å². The number of alkyl carbamates (subject to hydrolysis) is 1. The zero-order valence-electron chi connectivity index (χ0n) is 29.7. The minimum Gasteiger partial charge on any atom is -0.493 e. The summed E-state index contributed by atoms with van der Waals surface area (Å²) in [4.78, 5) is 27.9. The van der Waals surface area contributed by atoms with Crippen molar-refractivity contribution in [3.05, 3.63) is 23.8 Å². The number of sulfone groups is 1. The van der Waals surface area contributed by atoms with Crippen LogP contribution in [0.25, 0.3) is 0 Å². The van der Waals surface area contributed by atoms with Crippen LogP contribution in [-0.4, -0.2) is 113 Å². The SMILES string of the molecule is COCCCOc1cc(C[C@@H](C[C@H](NC(=O)OC(C)(C)C)[C@@H](O)C[C@@H](C)C(=O)NCCN2CCS(=O)(=O)CC2)C(C)C)ccc1OC.